The summed E-state index contributed by atoms with van der Waals surface area (Å²) < 4.78 is 33.1. The lowest BCUT2D eigenvalue weighted by Crippen LogP contribution is -2.22. The average molecular weight is 414 g/mol. The summed E-state index contributed by atoms with van der Waals surface area (Å²) >= 11 is 11.9. The summed E-state index contributed by atoms with van der Waals surface area (Å²) in [6, 6.07) is 7.88. The zero-order valence-corrected chi connectivity index (χ0v) is 15.8. The van der Waals surface area contributed by atoms with Crippen LogP contribution in [0.1, 0.15) is 6.92 Å². The van der Waals surface area contributed by atoms with Crippen molar-refractivity contribution in [3.8, 4) is 11.5 Å². The first-order valence-electron chi connectivity index (χ1n) is 7.55. The Hall–Kier alpha value is -2.64. The van der Waals surface area contributed by atoms with Crippen molar-refractivity contribution < 1.29 is 18.3 Å². The van der Waals surface area contributed by atoms with Crippen LogP contribution in [0.15, 0.2) is 52.7 Å². The zero-order valence-electron chi connectivity index (χ0n) is 14.3. The molecule has 0 unspecified atom stereocenters. The smallest absolute Gasteiger partial charge is 0.262 e. The molecule has 2 aromatic carbocycles. The SMILES string of the molecule is CN=C(F)C(C(=O)Nc1ccc(F)cc1Oc1ccc(Cl)cc1Cl)=C(C)N. The number of nitrogens with one attached hydrogen (secondary N) is 1. The number of anilines is 1. The van der Waals surface area contributed by atoms with E-state index in [9.17, 15) is 13.6 Å². The quantitative estimate of drug-likeness (QED) is 0.528. The van der Waals surface area contributed by atoms with Crippen molar-refractivity contribution >= 4 is 40.8 Å². The van der Waals surface area contributed by atoms with Crippen LogP contribution in [0.3, 0.4) is 0 Å². The van der Waals surface area contributed by atoms with Gasteiger partial charge in [0.25, 0.3) is 5.91 Å². The molecule has 0 aliphatic heterocycles. The second-order valence-electron chi connectivity index (χ2n) is 5.34. The number of carbonyl (C=O) groups is 1. The lowest BCUT2D eigenvalue weighted by molar-refractivity contribution is -0.112. The monoisotopic (exact) mass is 413 g/mol. The van der Waals surface area contributed by atoms with Gasteiger partial charge in [-0.1, -0.05) is 23.2 Å². The number of ether oxygens (including phenoxy) is 1. The van der Waals surface area contributed by atoms with E-state index in [1.807, 2.05) is 0 Å². The molecule has 5 nitrogen and oxygen atoms in total. The highest BCUT2D eigenvalue weighted by atomic mass is 35.5. The van der Waals surface area contributed by atoms with Crippen LogP contribution in [-0.2, 0) is 4.79 Å². The topological polar surface area (TPSA) is 76.7 Å². The molecule has 142 valence electrons. The van der Waals surface area contributed by atoms with Crippen LogP contribution in [0.2, 0.25) is 10.0 Å². The molecule has 3 N–H and O–H groups in total. The number of hydrogen-bond donors (Lipinski definition) is 2. The molecule has 2 aromatic rings. The summed E-state index contributed by atoms with van der Waals surface area (Å²) in [6.07, 6.45) is 0. The van der Waals surface area contributed by atoms with Crippen molar-refractivity contribution in [2.24, 2.45) is 10.7 Å². The highest BCUT2D eigenvalue weighted by molar-refractivity contribution is 6.35. The number of benzene rings is 2. The molecule has 9 heteroatoms. The van der Waals surface area contributed by atoms with E-state index in [1.165, 1.54) is 38.2 Å². The maximum atomic E-state index is 13.8. The number of allylic oxidation sites excluding steroid dienone is 1. The molecule has 0 atom stereocenters. The van der Waals surface area contributed by atoms with E-state index < -0.39 is 23.3 Å². The summed E-state index contributed by atoms with van der Waals surface area (Å²) in [4.78, 5) is 15.7. The second-order valence-corrected chi connectivity index (χ2v) is 6.19. The highest BCUT2D eigenvalue weighted by Crippen LogP contribution is 2.35. The molecule has 2 rings (SSSR count). The third-order valence-electron chi connectivity index (χ3n) is 3.33. The molecule has 0 aliphatic carbocycles. The molecular formula is C18H15Cl2F2N3O2. The standard InChI is InChI=1S/C18H15Cl2F2N3O2/c1-9(23)16(17(22)24-2)18(26)25-13-5-4-11(21)8-15(13)27-14-6-3-10(19)7-12(14)20/h3-8H,23H2,1-2H3,(H,25,26). The van der Waals surface area contributed by atoms with Gasteiger partial charge in [0.15, 0.2) is 5.75 Å². The summed E-state index contributed by atoms with van der Waals surface area (Å²) in [7, 11) is 1.18. The predicted molar refractivity (Wildman–Crippen MR) is 103 cm³/mol. The van der Waals surface area contributed by atoms with Crippen molar-refractivity contribution in [1.82, 2.24) is 0 Å². The number of rotatable bonds is 5. The van der Waals surface area contributed by atoms with Gasteiger partial charge < -0.3 is 15.8 Å². The minimum absolute atomic E-state index is 0.0459. The Morgan fingerprint density at radius 2 is 1.89 bits per heavy atom. The van der Waals surface area contributed by atoms with E-state index in [2.05, 4.69) is 10.3 Å². The first kappa shape index (κ1) is 20.7. The minimum atomic E-state index is -1.03. The van der Waals surface area contributed by atoms with Gasteiger partial charge in [0, 0.05) is 23.8 Å². The summed E-state index contributed by atoms with van der Waals surface area (Å²) in [5.74, 6) is -2.36. The lowest BCUT2D eigenvalue weighted by atomic mass is 10.2. The largest absolute Gasteiger partial charge is 0.454 e. The van der Waals surface area contributed by atoms with Gasteiger partial charge in [-0.3, -0.25) is 9.79 Å². The van der Waals surface area contributed by atoms with Gasteiger partial charge in [-0.2, -0.15) is 4.39 Å². The average Bonchev–Trinajstić information content (AvgIpc) is 2.59. The Morgan fingerprint density at radius 1 is 1.19 bits per heavy atom. The predicted octanol–water partition coefficient (Wildman–Crippen LogP) is 5.09. The van der Waals surface area contributed by atoms with E-state index >= 15 is 0 Å². The maximum absolute atomic E-state index is 13.8. The van der Waals surface area contributed by atoms with Gasteiger partial charge in [0.2, 0.25) is 5.97 Å². The normalized spacial score (nSPS) is 12.4. The third-order valence-corrected chi connectivity index (χ3v) is 3.86. The van der Waals surface area contributed by atoms with Crippen LogP contribution in [0.5, 0.6) is 11.5 Å². The van der Waals surface area contributed by atoms with Crippen LogP contribution in [-0.4, -0.2) is 18.9 Å². The van der Waals surface area contributed by atoms with Crippen LogP contribution >= 0.6 is 23.2 Å². The molecule has 0 saturated heterocycles. The van der Waals surface area contributed by atoms with E-state index in [0.29, 0.717) is 5.02 Å². The molecule has 1 amide bonds. The number of carbonyl (C=O) groups excluding carboxylic acids is 1. The number of amides is 1. The van der Waals surface area contributed by atoms with E-state index in [-0.39, 0.29) is 27.9 Å². The number of halogens is 4. The molecule has 0 fully saturated rings. The van der Waals surface area contributed by atoms with Gasteiger partial charge >= 0.3 is 0 Å². The van der Waals surface area contributed by atoms with Crippen molar-refractivity contribution in [1.29, 1.82) is 0 Å². The molecule has 0 spiro atoms. The Balaban J connectivity index is 2.38. The second kappa shape index (κ2) is 8.83. The maximum Gasteiger partial charge on any atom is 0.262 e. The van der Waals surface area contributed by atoms with Crippen molar-refractivity contribution in [3.05, 3.63) is 63.5 Å². The van der Waals surface area contributed by atoms with Crippen LogP contribution in [0, 0.1) is 5.82 Å². The highest BCUT2D eigenvalue weighted by Gasteiger charge is 2.20. The molecule has 0 heterocycles. The van der Waals surface area contributed by atoms with Crippen LogP contribution in [0.25, 0.3) is 0 Å². The number of aliphatic imine (C=N–C) groups is 1. The molecular weight excluding hydrogens is 399 g/mol. The number of nitrogens with zero attached hydrogens (tertiary/aromatic N) is 1. The van der Waals surface area contributed by atoms with E-state index in [1.54, 1.807) is 0 Å². The van der Waals surface area contributed by atoms with Gasteiger partial charge in [0.05, 0.1) is 10.7 Å². The van der Waals surface area contributed by atoms with Gasteiger partial charge in [0.1, 0.15) is 17.1 Å². The molecule has 0 saturated carbocycles. The van der Waals surface area contributed by atoms with Crippen molar-refractivity contribution in [2.75, 3.05) is 12.4 Å². The first-order valence-corrected chi connectivity index (χ1v) is 8.31. The number of hydrogen-bond acceptors (Lipinski definition) is 4. The van der Waals surface area contributed by atoms with Crippen molar-refractivity contribution in [2.45, 2.75) is 6.92 Å². The fourth-order valence-electron chi connectivity index (χ4n) is 2.09. The van der Waals surface area contributed by atoms with Gasteiger partial charge in [-0.15, -0.1) is 0 Å². The summed E-state index contributed by atoms with van der Waals surface area (Å²) in [5.41, 5.74) is 5.14. The summed E-state index contributed by atoms with van der Waals surface area (Å²) in [5, 5.41) is 3.01. The lowest BCUT2D eigenvalue weighted by Gasteiger charge is -2.14. The Labute approximate surface area is 164 Å². The van der Waals surface area contributed by atoms with Crippen molar-refractivity contribution in [3.63, 3.8) is 0 Å². The Morgan fingerprint density at radius 3 is 2.48 bits per heavy atom. The molecule has 0 aliphatic rings. The van der Waals surface area contributed by atoms with Gasteiger partial charge in [-0.05, 0) is 37.3 Å². The molecule has 0 aromatic heterocycles. The van der Waals surface area contributed by atoms with E-state index in [4.69, 9.17) is 33.7 Å². The molecule has 0 bridgehead atoms. The zero-order chi connectivity index (χ0) is 20.1. The summed E-state index contributed by atoms with van der Waals surface area (Å²) in [6.45, 7) is 1.36. The first-order chi connectivity index (χ1) is 12.7. The molecule has 0 radical (unpaired) electrons. The van der Waals surface area contributed by atoms with Gasteiger partial charge in [-0.25, -0.2) is 4.39 Å². The fourth-order valence-corrected chi connectivity index (χ4v) is 2.54. The van der Waals surface area contributed by atoms with E-state index in [0.717, 1.165) is 12.1 Å². The Kier molecular flexibility index (Phi) is 6.76. The number of nitrogens with two attached hydrogens (primary N) is 1. The molecule has 27 heavy (non-hydrogen) atoms. The minimum Gasteiger partial charge on any atom is -0.454 e. The fraction of sp³-hybridized carbons (Fsp3) is 0.111. The third kappa shape index (κ3) is 5.18. The Bertz CT molecular complexity index is 942. The van der Waals surface area contributed by atoms with Crippen LogP contribution in [0.4, 0.5) is 14.5 Å². The van der Waals surface area contributed by atoms with Crippen LogP contribution < -0.4 is 15.8 Å².